The summed E-state index contributed by atoms with van der Waals surface area (Å²) in [5.41, 5.74) is 8.11. The first-order valence-electron chi connectivity index (χ1n) is 12.0. The van der Waals surface area contributed by atoms with Crippen LogP contribution in [0.2, 0.25) is 0 Å². The van der Waals surface area contributed by atoms with Gasteiger partial charge in [-0.3, -0.25) is 14.0 Å². The molecule has 3 fully saturated rings. The fourth-order valence-electron chi connectivity index (χ4n) is 5.81. The predicted octanol–water partition coefficient (Wildman–Crippen LogP) is 1.52. The number of nitrogens with zero attached hydrogens (tertiary/aromatic N) is 4. The molecule has 0 radical (unpaired) electrons. The molecule has 10 nitrogen and oxygen atoms in total. The van der Waals surface area contributed by atoms with Gasteiger partial charge in [0, 0.05) is 43.3 Å². The Morgan fingerprint density at radius 1 is 1.20 bits per heavy atom. The minimum atomic E-state index is -0.549. The molecular formula is C25H28N6O4. The molecule has 1 aliphatic heterocycles. The van der Waals surface area contributed by atoms with Gasteiger partial charge < -0.3 is 25.8 Å². The molecule has 1 atom stereocenters. The van der Waals surface area contributed by atoms with Crippen molar-refractivity contribution in [1.29, 1.82) is 0 Å². The highest BCUT2D eigenvalue weighted by molar-refractivity contribution is 5.95. The molecular weight excluding hydrogens is 448 g/mol. The molecule has 0 bridgehead atoms. The summed E-state index contributed by atoms with van der Waals surface area (Å²) in [5.74, 6) is -0.388. The van der Waals surface area contributed by atoms with E-state index in [1.165, 1.54) is 0 Å². The summed E-state index contributed by atoms with van der Waals surface area (Å²) in [6, 6.07) is 7.31. The fraction of sp³-hybridized carbons (Fsp3) is 0.440. The molecule has 1 saturated heterocycles. The van der Waals surface area contributed by atoms with E-state index in [0.29, 0.717) is 29.3 Å². The Morgan fingerprint density at radius 2 is 2.03 bits per heavy atom. The first-order valence-corrected chi connectivity index (χ1v) is 12.0. The highest BCUT2D eigenvalue weighted by atomic mass is 16.5. The average Bonchev–Trinajstić information content (AvgIpc) is 3.42. The number of pyridine rings is 2. The number of carbonyl (C=O) groups excluding carboxylic acids is 2. The lowest BCUT2D eigenvalue weighted by Crippen LogP contribution is -2.58. The zero-order valence-electron chi connectivity index (χ0n) is 19.3. The van der Waals surface area contributed by atoms with E-state index in [0.717, 1.165) is 44.3 Å². The number of aliphatic hydroxyl groups is 1. The lowest BCUT2D eigenvalue weighted by atomic mass is 9.53. The number of rotatable bonds is 6. The maximum atomic E-state index is 12.9. The van der Waals surface area contributed by atoms with E-state index in [-0.39, 0.29) is 29.6 Å². The van der Waals surface area contributed by atoms with E-state index in [9.17, 15) is 14.7 Å². The van der Waals surface area contributed by atoms with Gasteiger partial charge in [-0.15, -0.1) is 0 Å². The Hall–Kier alpha value is -3.66. The van der Waals surface area contributed by atoms with E-state index < -0.39 is 5.91 Å². The molecule has 3 aromatic heterocycles. The Bertz CT molecular complexity index is 1290. The van der Waals surface area contributed by atoms with Crippen LogP contribution in [0.25, 0.3) is 5.65 Å². The van der Waals surface area contributed by atoms with Crippen molar-refractivity contribution in [3.05, 3.63) is 54.1 Å². The number of β-amino-alcohol motifs (C(OH)–C–C–N with tert-alkyl or cyclic N) is 1. The van der Waals surface area contributed by atoms with Crippen LogP contribution < -0.4 is 20.7 Å². The monoisotopic (exact) mass is 476 g/mol. The first-order chi connectivity index (χ1) is 16.9. The maximum Gasteiger partial charge on any atom is 0.270 e. The number of nitrogens with two attached hydrogens (primary N) is 1. The molecule has 2 amide bonds. The summed E-state index contributed by atoms with van der Waals surface area (Å²) in [6.45, 7) is 1.43. The number of anilines is 1. The number of amides is 2. The summed E-state index contributed by atoms with van der Waals surface area (Å²) in [5, 5.41) is 12.9. The molecule has 10 heteroatoms. The molecule has 2 saturated carbocycles. The highest BCUT2D eigenvalue weighted by Crippen LogP contribution is 2.56. The number of imidazole rings is 1. The van der Waals surface area contributed by atoms with Crippen LogP contribution in [-0.2, 0) is 0 Å². The van der Waals surface area contributed by atoms with Gasteiger partial charge in [-0.2, -0.15) is 0 Å². The summed E-state index contributed by atoms with van der Waals surface area (Å²) < 4.78 is 7.72. The van der Waals surface area contributed by atoms with Gasteiger partial charge in [0.05, 0.1) is 12.3 Å². The summed E-state index contributed by atoms with van der Waals surface area (Å²) in [7, 11) is 0. The van der Waals surface area contributed by atoms with E-state index in [2.05, 4.69) is 20.2 Å². The first kappa shape index (κ1) is 21.8. The number of hydrogen-bond donors (Lipinski definition) is 3. The molecule has 0 unspecified atom stereocenters. The number of primary amides is 1. The van der Waals surface area contributed by atoms with Crippen LogP contribution in [0.4, 0.5) is 5.69 Å². The largest absolute Gasteiger partial charge is 0.474 e. The van der Waals surface area contributed by atoms with Gasteiger partial charge in [-0.1, -0.05) is 0 Å². The van der Waals surface area contributed by atoms with Crippen LogP contribution in [0, 0.1) is 5.41 Å². The van der Waals surface area contributed by atoms with Crippen molar-refractivity contribution >= 4 is 23.1 Å². The van der Waals surface area contributed by atoms with Crippen molar-refractivity contribution < 1.29 is 19.4 Å². The summed E-state index contributed by atoms with van der Waals surface area (Å²) in [6.07, 6.45) is 9.09. The molecule has 3 aliphatic rings. The molecule has 3 aromatic rings. The van der Waals surface area contributed by atoms with Crippen molar-refractivity contribution in [2.75, 3.05) is 18.0 Å². The van der Waals surface area contributed by atoms with Crippen LogP contribution >= 0.6 is 0 Å². The summed E-state index contributed by atoms with van der Waals surface area (Å²) in [4.78, 5) is 35.2. The van der Waals surface area contributed by atoms with Crippen LogP contribution in [0.3, 0.4) is 0 Å². The van der Waals surface area contributed by atoms with Gasteiger partial charge in [0.2, 0.25) is 5.88 Å². The predicted molar refractivity (Wildman–Crippen MR) is 127 cm³/mol. The quantitative estimate of drug-likeness (QED) is 0.491. The molecule has 1 spiro atoms. The Kier molecular flexibility index (Phi) is 5.14. The van der Waals surface area contributed by atoms with Crippen molar-refractivity contribution in [3.63, 3.8) is 0 Å². The topological polar surface area (TPSA) is 135 Å². The van der Waals surface area contributed by atoms with Crippen molar-refractivity contribution in [2.24, 2.45) is 11.1 Å². The standard InChI is InChI=1S/C25H28N6O4/c26-22(33)19-2-1-5-27-24(19)35-18-11-25(12-18)9-15(10-25)29-23(34)20-13-28-21-8-16(3-7-31(20)21)30-6-4-17(32)14-30/h1-3,5,7-8,13,15,17-18,32H,4,6,9-12,14H2,(H2,26,33)(H,29,34)/t15?,17-,18?,25?/m1/s1. The lowest BCUT2D eigenvalue weighted by molar-refractivity contribution is -0.0848. The van der Waals surface area contributed by atoms with Crippen LogP contribution in [0.15, 0.2) is 42.9 Å². The van der Waals surface area contributed by atoms with Gasteiger partial charge in [-0.25, -0.2) is 9.97 Å². The third kappa shape index (κ3) is 3.97. The minimum Gasteiger partial charge on any atom is -0.474 e. The van der Waals surface area contributed by atoms with E-state index in [1.54, 1.807) is 28.9 Å². The molecule has 35 heavy (non-hydrogen) atoms. The minimum absolute atomic E-state index is 0.00402. The van der Waals surface area contributed by atoms with Crippen LogP contribution in [0.5, 0.6) is 5.88 Å². The molecule has 182 valence electrons. The Morgan fingerprint density at radius 3 is 2.77 bits per heavy atom. The second-order valence-corrected chi connectivity index (χ2v) is 10.1. The third-order valence-electron chi connectivity index (χ3n) is 7.59. The Labute approximate surface area is 202 Å². The van der Waals surface area contributed by atoms with Gasteiger partial charge in [0.15, 0.2) is 0 Å². The Balaban J connectivity index is 1.03. The number of fused-ring (bicyclic) bond motifs is 1. The van der Waals surface area contributed by atoms with Gasteiger partial charge in [0.1, 0.15) is 23.0 Å². The van der Waals surface area contributed by atoms with Gasteiger partial charge >= 0.3 is 0 Å². The van der Waals surface area contributed by atoms with Crippen molar-refractivity contribution in [3.8, 4) is 5.88 Å². The molecule has 0 aromatic carbocycles. The van der Waals surface area contributed by atoms with Crippen LogP contribution in [0.1, 0.15) is 53.0 Å². The van der Waals surface area contributed by atoms with Gasteiger partial charge in [-0.05, 0) is 55.7 Å². The molecule has 4 N–H and O–H groups in total. The number of aliphatic hydroxyl groups excluding tert-OH is 1. The smallest absolute Gasteiger partial charge is 0.270 e. The van der Waals surface area contributed by atoms with Crippen LogP contribution in [-0.4, -0.2) is 62.6 Å². The van der Waals surface area contributed by atoms with E-state index in [4.69, 9.17) is 10.5 Å². The maximum absolute atomic E-state index is 12.9. The van der Waals surface area contributed by atoms with Crippen molar-refractivity contribution in [1.82, 2.24) is 19.7 Å². The highest BCUT2D eigenvalue weighted by Gasteiger charge is 2.54. The van der Waals surface area contributed by atoms with Gasteiger partial charge in [0.25, 0.3) is 11.8 Å². The zero-order valence-corrected chi connectivity index (χ0v) is 19.3. The normalized spacial score (nSPS) is 27.5. The summed E-state index contributed by atoms with van der Waals surface area (Å²) >= 11 is 0. The molecule has 2 aliphatic carbocycles. The molecule has 4 heterocycles. The second kappa shape index (κ2) is 8.23. The number of ether oxygens (including phenoxy) is 1. The number of carbonyl (C=O) groups is 2. The SMILES string of the molecule is NC(=O)c1cccnc1OC1CC2(CC(NC(=O)c3cnc4cc(N5CC[C@@H](O)C5)ccn34)C2)C1. The number of nitrogens with one attached hydrogen (secondary N) is 1. The lowest BCUT2D eigenvalue weighted by Gasteiger charge is -2.57. The van der Waals surface area contributed by atoms with E-state index >= 15 is 0 Å². The van der Waals surface area contributed by atoms with Crippen molar-refractivity contribution in [2.45, 2.75) is 50.4 Å². The number of aromatic nitrogens is 3. The third-order valence-corrected chi connectivity index (χ3v) is 7.59. The zero-order chi connectivity index (χ0) is 24.2. The average molecular weight is 477 g/mol. The number of hydrogen-bond acceptors (Lipinski definition) is 7. The fourth-order valence-corrected chi connectivity index (χ4v) is 5.81. The van der Waals surface area contributed by atoms with E-state index in [1.807, 2.05) is 18.3 Å². The second-order valence-electron chi connectivity index (χ2n) is 10.1. The molecule has 6 rings (SSSR count).